The molecule has 0 aromatic heterocycles. The molecule has 1 rings (SSSR count). The molecule has 0 atom stereocenters. The molecule has 0 aliphatic heterocycles. The van der Waals surface area contributed by atoms with Gasteiger partial charge in [0.25, 0.3) is 0 Å². The van der Waals surface area contributed by atoms with E-state index in [2.05, 4.69) is 0 Å². The Bertz CT molecular complexity index is 9.61. The Morgan fingerprint density at radius 2 is 0.800 bits per heavy atom. The van der Waals surface area contributed by atoms with Crippen molar-refractivity contribution >= 4 is 24.8 Å². The van der Waals surface area contributed by atoms with E-state index in [9.17, 15) is 0 Å². The van der Waals surface area contributed by atoms with Gasteiger partial charge in [-0.15, -0.1) is 24.8 Å². The van der Waals surface area contributed by atoms with Gasteiger partial charge in [-0.2, -0.15) is 0 Å². The summed E-state index contributed by atoms with van der Waals surface area (Å²) < 4.78 is 0. The lowest BCUT2D eigenvalue weighted by molar-refractivity contribution is 1.50. The zero-order valence-electron chi connectivity index (χ0n) is 2.94. The average Bonchev–Trinajstić information content (AvgIpc) is 1.46. The predicted molar refractivity (Wildman–Crippen MR) is 28.3 cm³/mol. The van der Waals surface area contributed by atoms with E-state index in [4.69, 9.17) is 0 Å². The van der Waals surface area contributed by atoms with Gasteiger partial charge in [-0.3, -0.25) is 0 Å². The van der Waals surface area contributed by atoms with Gasteiger partial charge in [0, 0.05) is 0 Å². The Hall–Kier alpha value is 0.580. The number of hydrogen-bond donors (Lipinski definition) is 0. The van der Waals surface area contributed by atoms with Crippen molar-refractivity contribution in [2.45, 2.75) is 19.3 Å². The smallest absolute Gasteiger partial charge is 0.0533 e. The second kappa shape index (κ2) is 4.58. The van der Waals surface area contributed by atoms with Gasteiger partial charge in [0.2, 0.25) is 0 Å². The van der Waals surface area contributed by atoms with E-state index in [-0.39, 0.29) is 24.8 Å². The molecule has 1 aliphatic carbocycles. The quantitative estimate of drug-likeness (QED) is 0.453. The Balaban J connectivity index is 0. The van der Waals surface area contributed by atoms with Crippen LogP contribution in [0.4, 0.5) is 0 Å². The van der Waals surface area contributed by atoms with E-state index in [1.54, 1.807) is 0 Å². The van der Waals surface area contributed by atoms with Crippen molar-refractivity contribution < 1.29 is 0 Å². The van der Waals surface area contributed by atoms with Crippen molar-refractivity contribution in [3.05, 3.63) is 0 Å². The maximum Gasteiger partial charge on any atom is -0.0533 e. The van der Waals surface area contributed by atoms with Crippen molar-refractivity contribution in [2.24, 2.45) is 0 Å². The zero-order valence-corrected chi connectivity index (χ0v) is 4.57. The molecule has 34 valence electrons. The highest BCUT2D eigenvalue weighted by Crippen LogP contribution is 2.14. The standard InChI is InChI=1S/C3H6.2ClH/c1-2-3-1;;/h1-3H2;2*1H. The molecular weight excluding hydrogens is 107 g/mol. The summed E-state index contributed by atoms with van der Waals surface area (Å²) in [6.45, 7) is 0. The van der Waals surface area contributed by atoms with Crippen LogP contribution in [0.2, 0.25) is 0 Å². The third-order valence-corrected chi connectivity index (χ3v) is 0.354. The zero-order chi connectivity index (χ0) is 2.12. The van der Waals surface area contributed by atoms with E-state index in [0.29, 0.717) is 0 Å². The average molecular weight is 115 g/mol. The molecule has 0 heterocycles. The van der Waals surface area contributed by atoms with Gasteiger partial charge in [0.1, 0.15) is 0 Å². The molecule has 0 unspecified atom stereocenters. The topological polar surface area (TPSA) is 0 Å². The van der Waals surface area contributed by atoms with Crippen molar-refractivity contribution in [1.82, 2.24) is 0 Å². The second-order valence-corrected chi connectivity index (χ2v) is 1.06. The van der Waals surface area contributed by atoms with E-state index < -0.39 is 0 Å². The molecule has 1 aliphatic rings. The van der Waals surface area contributed by atoms with Crippen LogP contribution in [-0.2, 0) is 0 Å². The lowest BCUT2D eigenvalue weighted by atomic mass is 11.0. The van der Waals surface area contributed by atoms with Crippen LogP contribution in [0.5, 0.6) is 0 Å². The summed E-state index contributed by atoms with van der Waals surface area (Å²) in [6, 6.07) is 0. The molecule has 0 saturated heterocycles. The summed E-state index contributed by atoms with van der Waals surface area (Å²) in [5.74, 6) is 0. The monoisotopic (exact) mass is 114 g/mol. The van der Waals surface area contributed by atoms with Crippen LogP contribution in [0.15, 0.2) is 0 Å². The van der Waals surface area contributed by atoms with Gasteiger partial charge in [-0.1, -0.05) is 19.3 Å². The Labute approximate surface area is 44.8 Å². The lowest BCUT2D eigenvalue weighted by Crippen LogP contribution is -0.856. The Morgan fingerprint density at radius 3 is 0.800 bits per heavy atom. The van der Waals surface area contributed by atoms with Crippen LogP contribution in [0.3, 0.4) is 0 Å². The first-order valence-electron chi connectivity index (χ1n) is 1.50. The lowest BCUT2D eigenvalue weighted by Gasteiger charge is -1.05. The third kappa shape index (κ3) is 12.2. The minimum atomic E-state index is 0. The van der Waals surface area contributed by atoms with Gasteiger partial charge >= 0.3 is 0 Å². The molecular formula is C3H8Cl2. The summed E-state index contributed by atoms with van der Waals surface area (Å²) in [4.78, 5) is 0. The fourth-order valence-electron chi connectivity index (χ4n) is 0. The van der Waals surface area contributed by atoms with Gasteiger partial charge in [-0.25, -0.2) is 0 Å². The summed E-state index contributed by atoms with van der Waals surface area (Å²) in [5, 5.41) is 0. The SMILES string of the molecule is C1CC1.Cl.Cl. The van der Waals surface area contributed by atoms with Gasteiger partial charge in [-0.05, 0) is 0 Å². The largest absolute Gasteiger partial charge is 0.147 e. The van der Waals surface area contributed by atoms with Crippen LogP contribution >= 0.6 is 24.8 Å². The highest BCUT2D eigenvalue weighted by molar-refractivity contribution is 5.85. The van der Waals surface area contributed by atoms with Crippen LogP contribution in [0, 0.1) is 0 Å². The highest BCUT2D eigenvalue weighted by atomic mass is 35.5. The molecule has 5 heavy (non-hydrogen) atoms. The first kappa shape index (κ1) is 9.13. The molecule has 0 nitrogen and oxygen atoms in total. The van der Waals surface area contributed by atoms with E-state index >= 15 is 0 Å². The molecule has 0 bridgehead atoms. The number of rotatable bonds is 0. The number of halogens is 2. The second-order valence-electron chi connectivity index (χ2n) is 1.06. The molecule has 0 spiro atoms. The van der Waals surface area contributed by atoms with Crippen molar-refractivity contribution in [2.75, 3.05) is 0 Å². The van der Waals surface area contributed by atoms with Crippen LogP contribution in [-0.4, -0.2) is 0 Å². The summed E-state index contributed by atoms with van der Waals surface area (Å²) in [7, 11) is 0. The van der Waals surface area contributed by atoms with Crippen molar-refractivity contribution in [3.63, 3.8) is 0 Å². The third-order valence-electron chi connectivity index (χ3n) is 0.354. The summed E-state index contributed by atoms with van der Waals surface area (Å²) in [6.07, 6.45) is 4.50. The maximum absolute atomic E-state index is 1.50. The van der Waals surface area contributed by atoms with Crippen molar-refractivity contribution in [1.29, 1.82) is 0 Å². The molecule has 1 saturated carbocycles. The normalized spacial score (nSPS) is 14.4. The maximum atomic E-state index is 1.50. The van der Waals surface area contributed by atoms with Crippen molar-refractivity contribution in [3.8, 4) is 0 Å². The van der Waals surface area contributed by atoms with Gasteiger partial charge < -0.3 is 0 Å². The van der Waals surface area contributed by atoms with Gasteiger partial charge in [0.15, 0.2) is 0 Å². The Kier molecular flexibility index (Phi) is 8.37. The minimum Gasteiger partial charge on any atom is -0.147 e. The molecule has 2 heteroatoms. The van der Waals surface area contributed by atoms with E-state index in [1.165, 1.54) is 19.3 Å². The van der Waals surface area contributed by atoms with Crippen LogP contribution in [0.25, 0.3) is 0 Å². The van der Waals surface area contributed by atoms with Gasteiger partial charge in [0.05, 0.1) is 0 Å². The minimum absolute atomic E-state index is 0. The van der Waals surface area contributed by atoms with Crippen LogP contribution < -0.4 is 0 Å². The summed E-state index contributed by atoms with van der Waals surface area (Å²) in [5.41, 5.74) is 0. The molecule has 0 aromatic carbocycles. The first-order chi connectivity index (χ1) is 1.50. The fourth-order valence-corrected chi connectivity index (χ4v) is 0. The van der Waals surface area contributed by atoms with E-state index in [0.717, 1.165) is 0 Å². The molecule has 0 aromatic rings. The summed E-state index contributed by atoms with van der Waals surface area (Å²) >= 11 is 0. The molecule has 0 radical (unpaired) electrons. The molecule has 0 N–H and O–H groups in total. The highest BCUT2D eigenvalue weighted by Gasteiger charge is 1.95. The molecule has 0 amide bonds. The predicted octanol–water partition coefficient (Wildman–Crippen LogP) is 2.01. The van der Waals surface area contributed by atoms with E-state index in [1.807, 2.05) is 0 Å². The fraction of sp³-hybridized carbons (Fsp3) is 1.00. The Morgan fingerprint density at radius 1 is 0.600 bits per heavy atom. The van der Waals surface area contributed by atoms with Crippen LogP contribution in [0.1, 0.15) is 19.3 Å². The first-order valence-corrected chi connectivity index (χ1v) is 1.50. The number of hydrogen-bond acceptors (Lipinski definition) is 0. The molecule has 1 fully saturated rings.